The largest absolute Gasteiger partial charge is 0.467 e. The number of ether oxygens (including phenoxy) is 1. The van der Waals surface area contributed by atoms with Gasteiger partial charge in [0, 0.05) is 23.5 Å². The molecule has 0 aliphatic heterocycles. The van der Waals surface area contributed by atoms with Crippen LogP contribution in [-0.4, -0.2) is 29.6 Å². The molecule has 6 nitrogen and oxygen atoms in total. The van der Waals surface area contributed by atoms with Gasteiger partial charge < -0.3 is 14.6 Å². The van der Waals surface area contributed by atoms with E-state index < -0.39 is 12.0 Å². The molecule has 0 aliphatic carbocycles. The number of esters is 1. The molecule has 1 amide bonds. The van der Waals surface area contributed by atoms with E-state index in [0.29, 0.717) is 13.0 Å². The molecule has 7 heteroatoms. The summed E-state index contributed by atoms with van der Waals surface area (Å²) in [4.78, 5) is 36.4. The smallest absolute Gasteiger partial charge is 0.328 e. The Bertz CT molecular complexity index is 589. The Labute approximate surface area is 134 Å². The number of aromatic nitrogens is 1. The fraction of sp³-hybridized carbons (Fsp3) is 0.667. The molecular formula is C15H24N2O4S. The summed E-state index contributed by atoms with van der Waals surface area (Å²) in [6.45, 7) is 8.00. The first-order valence-electron chi connectivity index (χ1n) is 7.30. The molecule has 124 valence electrons. The number of rotatable bonds is 7. The van der Waals surface area contributed by atoms with Gasteiger partial charge in [0.15, 0.2) is 0 Å². The minimum atomic E-state index is -0.639. The number of amides is 1. The third-order valence-electron chi connectivity index (χ3n) is 3.47. The number of hydrogen-bond acceptors (Lipinski definition) is 5. The standard InChI is InChI=1S/C15H24N2O4S/c1-9(2)8-12(14(19)21-5)16-13(18)6-7-17-10(3)11(4)22-15(17)20/h9,12H,6-8H2,1-5H3,(H,16,18). The summed E-state index contributed by atoms with van der Waals surface area (Å²) in [6, 6.07) is -0.639. The van der Waals surface area contributed by atoms with Crippen LogP contribution in [0.2, 0.25) is 0 Å². The number of aryl methyl sites for hydroxylation is 1. The average molecular weight is 328 g/mol. The van der Waals surface area contributed by atoms with Crippen molar-refractivity contribution in [1.29, 1.82) is 0 Å². The molecule has 0 bridgehead atoms. The van der Waals surface area contributed by atoms with Crippen molar-refractivity contribution in [2.45, 2.75) is 53.1 Å². The Morgan fingerprint density at radius 3 is 2.41 bits per heavy atom. The van der Waals surface area contributed by atoms with Crippen molar-refractivity contribution in [3.63, 3.8) is 0 Å². The first kappa shape index (κ1) is 18.4. The van der Waals surface area contributed by atoms with Gasteiger partial charge in [-0.3, -0.25) is 9.59 Å². The van der Waals surface area contributed by atoms with Crippen LogP contribution in [0.1, 0.15) is 37.3 Å². The van der Waals surface area contributed by atoms with Gasteiger partial charge in [0.05, 0.1) is 7.11 Å². The molecule has 0 saturated heterocycles. The summed E-state index contributed by atoms with van der Waals surface area (Å²) < 4.78 is 6.30. The summed E-state index contributed by atoms with van der Waals surface area (Å²) >= 11 is 1.18. The van der Waals surface area contributed by atoms with Crippen LogP contribution >= 0.6 is 11.3 Å². The molecule has 1 heterocycles. The van der Waals surface area contributed by atoms with E-state index in [0.717, 1.165) is 10.6 Å². The van der Waals surface area contributed by atoms with Crippen molar-refractivity contribution < 1.29 is 14.3 Å². The van der Waals surface area contributed by atoms with Crippen LogP contribution in [0.3, 0.4) is 0 Å². The SMILES string of the molecule is COC(=O)C(CC(C)C)NC(=O)CCn1c(C)c(C)sc1=O. The first-order valence-corrected chi connectivity index (χ1v) is 8.12. The van der Waals surface area contributed by atoms with Crippen molar-refractivity contribution in [3.8, 4) is 0 Å². The van der Waals surface area contributed by atoms with Crippen LogP contribution in [0.4, 0.5) is 0 Å². The van der Waals surface area contributed by atoms with E-state index in [4.69, 9.17) is 4.74 Å². The summed E-state index contributed by atoms with van der Waals surface area (Å²) in [6.07, 6.45) is 0.678. The molecule has 0 spiro atoms. The molecule has 22 heavy (non-hydrogen) atoms. The molecule has 0 aliphatic rings. The zero-order valence-corrected chi connectivity index (χ0v) is 14.6. The molecule has 1 rings (SSSR count). The Balaban J connectivity index is 2.64. The molecule has 0 fully saturated rings. The highest BCUT2D eigenvalue weighted by molar-refractivity contribution is 7.09. The van der Waals surface area contributed by atoms with Crippen molar-refractivity contribution in [1.82, 2.24) is 9.88 Å². The summed E-state index contributed by atoms with van der Waals surface area (Å²) in [7, 11) is 1.30. The number of hydrogen-bond donors (Lipinski definition) is 1. The maximum absolute atomic E-state index is 12.0. The second-order valence-electron chi connectivity index (χ2n) is 5.68. The molecule has 1 aromatic rings. The van der Waals surface area contributed by atoms with Crippen molar-refractivity contribution in [2.75, 3.05) is 7.11 Å². The topological polar surface area (TPSA) is 77.4 Å². The van der Waals surface area contributed by atoms with E-state index in [1.165, 1.54) is 18.4 Å². The molecular weight excluding hydrogens is 304 g/mol. The Morgan fingerprint density at radius 1 is 1.32 bits per heavy atom. The molecule has 1 aromatic heterocycles. The van der Waals surface area contributed by atoms with Crippen LogP contribution in [-0.2, 0) is 20.9 Å². The van der Waals surface area contributed by atoms with Gasteiger partial charge in [-0.15, -0.1) is 0 Å². The fourth-order valence-electron chi connectivity index (χ4n) is 2.15. The van der Waals surface area contributed by atoms with Gasteiger partial charge in [0.2, 0.25) is 5.91 Å². The highest BCUT2D eigenvalue weighted by Crippen LogP contribution is 2.10. The van der Waals surface area contributed by atoms with Gasteiger partial charge in [-0.25, -0.2) is 4.79 Å². The van der Waals surface area contributed by atoms with Crippen LogP contribution < -0.4 is 10.2 Å². The molecule has 0 aromatic carbocycles. The molecule has 1 atom stereocenters. The number of thiazole rings is 1. The monoisotopic (exact) mass is 328 g/mol. The predicted molar refractivity (Wildman–Crippen MR) is 86.1 cm³/mol. The lowest BCUT2D eigenvalue weighted by Gasteiger charge is -2.18. The second kappa shape index (κ2) is 8.12. The lowest BCUT2D eigenvalue weighted by molar-refractivity contribution is -0.145. The van der Waals surface area contributed by atoms with Gasteiger partial charge in [0.1, 0.15) is 6.04 Å². The maximum atomic E-state index is 12.0. The average Bonchev–Trinajstić information content (AvgIpc) is 2.68. The third-order valence-corrected chi connectivity index (χ3v) is 4.46. The minimum absolute atomic E-state index is 0.0606. The summed E-state index contributed by atoms with van der Waals surface area (Å²) in [5, 5.41) is 2.69. The van der Waals surface area contributed by atoms with Crippen molar-refractivity contribution in [3.05, 3.63) is 20.2 Å². The lowest BCUT2D eigenvalue weighted by atomic mass is 10.0. The normalized spacial score (nSPS) is 12.3. The number of carbonyl (C=O) groups excluding carboxylic acids is 2. The third kappa shape index (κ3) is 4.98. The van der Waals surface area contributed by atoms with Crippen molar-refractivity contribution >= 4 is 23.2 Å². The first-order chi connectivity index (χ1) is 10.3. The molecule has 1 N–H and O–H groups in total. The van der Waals surface area contributed by atoms with Gasteiger partial charge in [0.25, 0.3) is 0 Å². The van der Waals surface area contributed by atoms with Crippen LogP contribution in [0.5, 0.6) is 0 Å². The second-order valence-corrected chi connectivity index (χ2v) is 6.85. The lowest BCUT2D eigenvalue weighted by Crippen LogP contribution is -2.42. The number of methoxy groups -OCH3 is 1. The zero-order chi connectivity index (χ0) is 16.9. The van der Waals surface area contributed by atoms with Gasteiger partial charge >= 0.3 is 10.8 Å². The van der Waals surface area contributed by atoms with Crippen LogP contribution in [0.25, 0.3) is 0 Å². The highest BCUT2D eigenvalue weighted by Gasteiger charge is 2.22. The quantitative estimate of drug-likeness (QED) is 0.772. The summed E-state index contributed by atoms with van der Waals surface area (Å²) in [5.74, 6) is -0.443. The Hall–Kier alpha value is -1.63. The molecule has 0 radical (unpaired) electrons. The van der Waals surface area contributed by atoms with Gasteiger partial charge in [-0.1, -0.05) is 25.2 Å². The van der Waals surface area contributed by atoms with E-state index >= 15 is 0 Å². The number of carbonyl (C=O) groups is 2. The number of nitrogens with zero attached hydrogens (tertiary/aromatic N) is 1. The van der Waals surface area contributed by atoms with Crippen molar-refractivity contribution in [2.24, 2.45) is 5.92 Å². The zero-order valence-electron chi connectivity index (χ0n) is 13.8. The van der Waals surface area contributed by atoms with E-state index in [9.17, 15) is 14.4 Å². The maximum Gasteiger partial charge on any atom is 0.328 e. The van der Waals surface area contributed by atoms with Crippen LogP contribution in [0, 0.1) is 19.8 Å². The minimum Gasteiger partial charge on any atom is -0.467 e. The molecule has 0 saturated carbocycles. The van der Waals surface area contributed by atoms with Crippen LogP contribution in [0.15, 0.2) is 4.79 Å². The fourth-order valence-corrected chi connectivity index (χ4v) is 3.01. The van der Waals surface area contributed by atoms with E-state index in [1.807, 2.05) is 27.7 Å². The van der Waals surface area contributed by atoms with E-state index in [2.05, 4.69) is 5.32 Å². The Kier molecular flexibility index (Phi) is 6.80. The predicted octanol–water partition coefficient (Wildman–Crippen LogP) is 1.62. The summed E-state index contributed by atoms with van der Waals surface area (Å²) in [5.41, 5.74) is 0.884. The molecule has 1 unspecified atom stereocenters. The number of nitrogens with one attached hydrogen (secondary N) is 1. The van der Waals surface area contributed by atoms with Gasteiger partial charge in [-0.05, 0) is 26.2 Å². The van der Waals surface area contributed by atoms with Gasteiger partial charge in [-0.2, -0.15) is 0 Å². The van der Waals surface area contributed by atoms with E-state index in [1.54, 1.807) is 4.57 Å². The highest BCUT2D eigenvalue weighted by atomic mass is 32.1. The van der Waals surface area contributed by atoms with E-state index in [-0.39, 0.29) is 23.1 Å². The Morgan fingerprint density at radius 2 is 1.95 bits per heavy atom.